The predicted molar refractivity (Wildman–Crippen MR) is 108 cm³/mol. The average molecular weight is 359 g/mol. The predicted octanol–water partition coefficient (Wildman–Crippen LogP) is 5.69. The summed E-state index contributed by atoms with van der Waals surface area (Å²) >= 11 is 0. The summed E-state index contributed by atoms with van der Waals surface area (Å²) in [5.41, 5.74) is 1.48. The van der Waals surface area contributed by atoms with Gasteiger partial charge < -0.3 is 14.8 Å². The fraction of sp³-hybridized carbons (Fsp3) is 0.0870. The summed E-state index contributed by atoms with van der Waals surface area (Å²) < 4.78 is 11.1. The zero-order chi connectivity index (χ0) is 18.9. The number of anilines is 1. The molecule has 3 aromatic rings. The van der Waals surface area contributed by atoms with E-state index in [1.165, 1.54) is 6.08 Å². The summed E-state index contributed by atoms with van der Waals surface area (Å²) in [6.45, 7) is 2.53. The van der Waals surface area contributed by atoms with E-state index in [0.29, 0.717) is 12.2 Å². The molecule has 0 atom stereocenters. The molecule has 0 bridgehead atoms. The highest BCUT2D eigenvalue weighted by Gasteiger charge is 2.02. The molecule has 136 valence electrons. The van der Waals surface area contributed by atoms with Gasteiger partial charge in [0.25, 0.3) is 0 Å². The lowest BCUT2D eigenvalue weighted by atomic mass is 10.1. The van der Waals surface area contributed by atoms with Crippen LogP contribution in [0.15, 0.2) is 91.1 Å². The molecule has 0 unspecified atom stereocenters. The van der Waals surface area contributed by atoms with Crippen LogP contribution in [0.5, 0.6) is 17.2 Å². The van der Waals surface area contributed by atoms with Crippen LogP contribution in [0, 0.1) is 0 Å². The second-order valence-corrected chi connectivity index (χ2v) is 5.74. The molecule has 0 radical (unpaired) electrons. The van der Waals surface area contributed by atoms with Crippen LogP contribution < -0.4 is 14.8 Å². The third-order valence-corrected chi connectivity index (χ3v) is 3.77. The standard InChI is InChI=1S/C23H21NO3/c1-2-26-20-12-8-18(9-13-20)23(25)16-17-24-19-10-14-22(15-11-19)27-21-6-4-3-5-7-21/h3-17,24H,2H2,1H3. The Morgan fingerprint density at radius 1 is 0.852 bits per heavy atom. The van der Waals surface area contributed by atoms with Gasteiger partial charge in [0.05, 0.1) is 6.61 Å². The van der Waals surface area contributed by atoms with E-state index in [0.717, 1.165) is 22.9 Å². The fourth-order valence-electron chi connectivity index (χ4n) is 2.44. The lowest BCUT2D eigenvalue weighted by Gasteiger charge is -2.06. The van der Waals surface area contributed by atoms with E-state index >= 15 is 0 Å². The van der Waals surface area contributed by atoms with Gasteiger partial charge in [-0.15, -0.1) is 0 Å². The molecule has 0 fully saturated rings. The van der Waals surface area contributed by atoms with Crippen molar-refractivity contribution in [1.29, 1.82) is 0 Å². The van der Waals surface area contributed by atoms with Crippen LogP contribution in [0.3, 0.4) is 0 Å². The Morgan fingerprint density at radius 2 is 1.48 bits per heavy atom. The van der Waals surface area contributed by atoms with Crippen LogP contribution in [0.4, 0.5) is 5.69 Å². The molecule has 3 aromatic carbocycles. The first-order valence-electron chi connectivity index (χ1n) is 8.78. The molecule has 3 rings (SSSR count). The molecule has 0 heterocycles. The van der Waals surface area contributed by atoms with E-state index in [-0.39, 0.29) is 5.78 Å². The first-order chi connectivity index (χ1) is 13.2. The molecule has 27 heavy (non-hydrogen) atoms. The average Bonchev–Trinajstić information content (AvgIpc) is 2.71. The van der Waals surface area contributed by atoms with E-state index < -0.39 is 0 Å². The van der Waals surface area contributed by atoms with Crippen molar-refractivity contribution in [2.75, 3.05) is 11.9 Å². The van der Waals surface area contributed by atoms with Crippen molar-refractivity contribution in [3.05, 3.63) is 96.7 Å². The Morgan fingerprint density at radius 3 is 2.15 bits per heavy atom. The SMILES string of the molecule is CCOc1ccc(C(=O)C=CNc2ccc(Oc3ccccc3)cc2)cc1. The van der Waals surface area contributed by atoms with E-state index in [4.69, 9.17) is 9.47 Å². The van der Waals surface area contributed by atoms with Crippen LogP contribution in [0.2, 0.25) is 0 Å². The minimum Gasteiger partial charge on any atom is -0.494 e. The van der Waals surface area contributed by atoms with E-state index in [1.54, 1.807) is 30.5 Å². The highest BCUT2D eigenvalue weighted by atomic mass is 16.5. The van der Waals surface area contributed by atoms with Crippen LogP contribution in [-0.4, -0.2) is 12.4 Å². The zero-order valence-corrected chi connectivity index (χ0v) is 15.1. The molecule has 0 saturated heterocycles. The van der Waals surface area contributed by atoms with Gasteiger partial charge in [0.1, 0.15) is 17.2 Å². The number of ketones is 1. The van der Waals surface area contributed by atoms with Crippen LogP contribution in [0.25, 0.3) is 0 Å². The number of nitrogens with one attached hydrogen (secondary N) is 1. The maximum atomic E-state index is 12.2. The number of hydrogen-bond acceptors (Lipinski definition) is 4. The number of allylic oxidation sites excluding steroid dienone is 1. The number of hydrogen-bond donors (Lipinski definition) is 1. The minimum absolute atomic E-state index is 0.0745. The topological polar surface area (TPSA) is 47.6 Å². The summed E-state index contributed by atoms with van der Waals surface area (Å²) in [4.78, 5) is 12.2. The van der Waals surface area contributed by atoms with Gasteiger partial charge in [0.2, 0.25) is 0 Å². The van der Waals surface area contributed by atoms with Crippen molar-refractivity contribution in [3.63, 3.8) is 0 Å². The maximum Gasteiger partial charge on any atom is 0.187 e. The summed E-state index contributed by atoms with van der Waals surface area (Å²) in [5, 5.41) is 3.09. The number of ether oxygens (including phenoxy) is 2. The van der Waals surface area contributed by atoms with Gasteiger partial charge in [-0.1, -0.05) is 18.2 Å². The number of para-hydroxylation sites is 1. The molecule has 0 aliphatic heterocycles. The minimum atomic E-state index is -0.0745. The molecular formula is C23H21NO3. The quantitative estimate of drug-likeness (QED) is 0.415. The van der Waals surface area contributed by atoms with Crippen LogP contribution in [-0.2, 0) is 0 Å². The molecule has 0 aliphatic carbocycles. The number of carbonyl (C=O) groups excluding carboxylic acids is 1. The van der Waals surface area contributed by atoms with Gasteiger partial charge in [-0.25, -0.2) is 0 Å². The molecule has 0 aliphatic rings. The largest absolute Gasteiger partial charge is 0.494 e. The molecule has 0 spiro atoms. The fourth-order valence-corrected chi connectivity index (χ4v) is 2.44. The molecule has 4 heteroatoms. The number of carbonyl (C=O) groups is 1. The van der Waals surface area contributed by atoms with Crippen molar-refractivity contribution in [3.8, 4) is 17.2 Å². The van der Waals surface area contributed by atoms with Gasteiger partial charge in [-0.2, -0.15) is 0 Å². The highest BCUT2D eigenvalue weighted by Crippen LogP contribution is 2.22. The summed E-state index contributed by atoms with van der Waals surface area (Å²) in [6.07, 6.45) is 3.13. The Kier molecular flexibility index (Phi) is 6.26. The third kappa shape index (κ3) is 5.47. The first kappa shape index (κ1) is 18.3. The Bertz CT molecular complexity index is 885. The maximum absolute atomic E-state index is 12.2. The van der Waals surface area contributed by atoms with Crippen LogP contribution in [0.1, 0.15) is 17.3 Å². The van der Waals surface area contributed by atoms with Gasteiger partial charge >= 0.3 is 0 Å². The summed E-state index contributed by atoms with van der Waals surface area (Å²) in [6, 6.07) is 24.2. The van der Waals surface area contributed by atoms with Gasteiger partial charge in [0, 0.05) is 23.5 Å². The van der Waals surface area contributed by atoms with Crippen molar-refractivity contribution < 1.29 is 14.3 Å². The van der Waals surface area contributed by atoms with Gasteiger partial charge in [-0.05, 0) is 67.6 Å². The summed E-state index contributed by atoms with van der Waals surface area (Å²) in [5.74, 6) is 2.23. The summed E-state index contributed by atoms with van der Waals surface area (Å²) in [7, 11) is 0. The lowest BCUT2D eigenvalue weighted by Crippen LogP contribution is -1.97. The first-order valence-corrected chi connectivity index (χ1v) is 8.78. The Labute approximate surface area is 159 Å². The van der Waals surface area contributed by atoms with Gasteiger partial charge in [0.15, 0.2) is 5.78 Å². The van der Waals surface area contributed by atoms with E-state index in [1.807, 2.05) is 61.5 Å². The van der Waals surface area contributed by atoms with Crippen molar-refractivity contribution in [2.24, 2.45) is 0 Å². The molecule has 4 nitrogen and oxygen atoms in total. The van der Waals surface area contributed by atoms with Crippen molar-refractivity contribution in [1.82, 2.24) is 0 Å². The van der Waals surface area contributed by atoms with Crippen molar-refractivity contribution >= 4 is 11.5 Å². The number of rotatable bonds is 8. The smallest absolute Gasteiger partial charge is 0.187 e. The second kappa shape index (κ2) is 9.25. The molecular weight excluding hydrogens is 338 g/mol. The van der Waals surface area contributed by atoms with Crippen molar-refractivity contribution in [2.45, 2.75) is 6.92 Å². The molecule has 0 aromatic heterocycles. The lowest BCUT2D eigenvalue weighted by molar-refractivity contribution is 0.104. The Balaban J connectivity index is 1.53. The van der Waals surface area contributed by atoms with Crippen LogP contribution >= 0.6 is 0 Å². The normalized spacial score (nSPS) is 10.6. The Hall–Kier alpha value is -3.53. The highest BCUT2D eigenvalue weighted by molar-refractivity contribution is 6.04. The van der Waals surface area contributed by atoms with Gasteiger partial charge in [-0.3, -0.25) is 4.79 Å². The van der Waals surface area contributed by atoms with E-state index in [9.17, 15) is 4.79 Å². The zero-order valence-electron chi connectivity index (χ0n) is 15.1. The molecule has 0 amide bonds. The molecule has 0 saturated carbocycles. The number of benzene rings is 3. The third-order valence-electron chi connectivity index (χ3n) is 3.77. The molecule has 1 N–H and O–H groups in total. The monoisotopic (exact) mass is 359 g/mol. The van der Waals surface area contributed by atoms with E-state index in [2.05, 4.69) is 5.32 Å². The second-order valence-electron chi connectivity index (χ2n) is 5.74.